The summed E-state index contributed by atoms with van der Waals surface area (Å²) < 4.78 is 5.67. The molecule has 1 aliphatic rings. The van der Waals surface area contributed by atoms with E-state index in [2.05, 4.69) is 23.5 Å². The summed E-state index contributed by atoms with van der Waals surface area (Å²) in [5, 5.41) is 3.12. The summed E-state index contributed by atoms with van der Waals surface area (Å²) in [6, 6.07) is 6.78. The van der Waals surface area contributed by atoms with E-state index in [-0.39, 0.29) is 0 Å². The zero-order valence-electron chi connectivity index (χ0n) is 10.5. The third-order valence-electron chi connectivity index (χ3n) is 2.96. The third-order valence-corrected chi connectivity index (χ3v) is 4.16. The topological polar surface area (TPSA) is 21.3 Å². The lowest BCUT2D eigenvalue weighted by Gasteiger charge is -2.16. The van der Waals surface area contributed by atoms with Crippen molar-refractivity contribution in [1.82, 2.24) is 5.32 Å². The molecule has 1 aromatic rings. The van der Waals surface area contributed by atoms with Crippen molar-refractivity contribution in [2.45, 2.75) is 30.8 Å². The minimum Gasteiger partial charge on any atom is -0.377 e. The number of hydrogen-bond acceptors (Lipinski definition) is 3. The molecule has 0 atom stereocenters. The van der Waals surface area contributed by atoms with Crippen LogP contribution in [-0.2, 0) is 17.8 Å². The van der Waals surface area contributed by atoms with Crippen LogP contribution in [0.25, 0.3) is 0 Å². The van der Waals surface area contributed by atoms with Gasteiger partial charge in [-0.25, -0.2) is 0 Å². The highest BCUT2D eigenvalue weighted by Gasteiger charge is 2.09. The first-order chi connectivity index (χ1) is 8.40. The van der Waals surface area contributed by atoms with Crippen LogP contribution in [0.2, 0.25) is 0 Å². The van der Waals surface area contributed by atoms with Crippen LogP contribution >= 0.6 is 11.8 Å². The highest BCUT2D eigenvalue weighted by atomic mass is 32.2. The molecule has 17 heavy (non-hydrogen) atoms. The molecule has 0 saturated heterocycles. The first kappa shape index (κ1) is 12.9. The van der Waals surface area contributed by atoms with Crippen LogP contribution in [0.3, 0.4) is 0 Å². The number of nitrogens with one attached hydrogen (secondary N) is 1. The summed E-state index contributed by atoms with van der Waals surface area (Å²) >= 11 is 1.98. The number of benzene rings is 1. The van der Waals surface area contributed by atoms with Gasteiger partial charge in [0.2, 0.25) is 0 Å². The first-order valence-electron chi connectivity index (χ1n) is 6.37. The zero-order chi connectivity index (χ0) is 11.9. The number of ether oxygens (including phenoxy) is 1. The Hall–Kier alpha value is -0.510. The molecule has 0 unspecified atom stereocenters. The molecule has 2 rings (SSSR count). The lowest BCUT2D eigenvalue weighted by atomic mass is 10.1. The summed E-state index contributed by atoms with van der Waals surface area (Å²) in [6.45, 7) is 2.62. The van der Waals surface area contributed by atoms with Gasteiger partial charge in [-0.15, -0.1) is 11.8 Å². The Morgan fingerprint density at radius 1 is 1.41 bits per heavy atom. The number of fused-ring (bicyclic) bond motifs is 1. The van der Waals surface area contributed by atoms with Crippen molar-refractivity contribution in [3.8, 4) is 0 Å². The fourth-order valence-electron chi connectivity index (χ4n) is 2.04. The maximum Gasteiger partial charge on any atom is 0.0716 e. The molecule has 0 spiro atoms. The quantitative estimate of drug-likeness (QED) is 0.786. The van der Waals surface area contributed by atoms with Gasteiger partial charge < -0.3 is 10.1 Å². The molecule has 0 fully saturated rings. The number of rotatable bonds is 6. The van der Waals surface area contributed by atoms with E-state index in [1.165, 1.54) is 34.6 Å². The zero-order valence-corrected chi connectivity index (χ0v) is 11.3. The van der Waals surface area contributed by atoms with Crippen molar-refractivity contribution < 1.29 is 4.74 Å². The molecular weight excluding hydrogens is 230 g/mol. The van der Waals surface area contributed by atoms with E-state index in [1.807, 2.05) is 18.8 Å². The molecular formula is C14H21NOS. The second kappa shape index (κ2) is 7.04. The highest BCUT2D eigenvalue weighted by molar-refractivity contribution is 7.99. The van der Waals surface area contributed by atoms with Gasteiger partial charge in [0, 0.05) is 11.5 Å². The normalized spacial score (nSPS) is 14.6. The van der Waals surface area contributed by atoms with Crippen LogP contribution in [0.15, 0.2) is 23.1 Å². The van der Waals surface area contributed by atoms with Crippen LogP contribution in [0.1, 0.15) is 24.0 Å². The summed E-state index contributed by atoms with van der Waals surface area (Å²) in [5.41, 5.74) is 2.83. The van der Waals surface area contributed by atoms with E-state index >= 15 is 0 Å². The van der Waals surface area contributed by atoms with Crippen LogP contribution < -0.4 is 5.32 Å². The van der Waals surface area contributed by atoms with Crippen LogP contribution in [-0.4, -0.2) is 26.0 Å². The van der Waals surface area contributed by atoms with Gasteiger partial charge in [0.05, 0.1) is 6.61 Å². The number of hydrogen-bond donors (Lipinski definition) is 1. The predicted octanol–water partition coefficient (Wildman–Crippen LogP) is 2.85. The molecule has 0 radical (unpaired) electrons. The monoisotopic (exact) mass is 251 g/mol. The fraction of sp³-hybridized carbons (Fsp3) is 0.571. The second-order valence-electron chi connectivity index (χ2n) is 4.40. The van der Waals surface area contributed by atoms with Gasteiger partial charge in [-0.05, 0) is 55.8 Å². The highest BCUT2D eigenvalue weighted by Crippen LogP contribution is 2.30. The Morgan fingerprint density at radius 2 is 2.35 bits per heavy atom. The van der Waals surface area contributed by atoms with E-state index in [4.69, 9.17) is 4.74 Å². The van der Waals surface area contributed by atoms with E-state index in [0.29, 0.717) is 0 Å². The molecule has 3 heteroatoms. The molecule has 0 amide bonds. The average molecular weight is 251 g/mol. The summed E-state index contributed by atoms with van der Waals surface area (Å²) in [5.74, 6) is 1.27. The van der Waals surface area contributed by atoms with Gasteiger partial charge in [-0.1, -0.05) is 12.1 Å². The standard InChI is InChI=1S/C14H21NOS/c1-15-7-3-8-16-11-12-5-6-14-13(10-12)4-2-9-17-14/h5-6,10,15H,2-4,7-9,11H2,1H3. The van der Waals surface area contributed by atoms with Crippen molar-refractivity contribution in [1.29, 1.82) is 0 Å². The summed E-state index contributed by atoms with van der Waals surface area (Å²) in [6.07, 6.45) is 3.62. The molecule has 1 heterocycles. The minimum absolute atomic E-state index is 0.752. The molecule has 1 N–H and O–H groups in total. The van der Waals surface area contributed by atoms with Gasteiger partial charge in [0.15, 0.2) is 0 Å². The van der Waals surface area contributed by atoms with E-state index < -0.39 is 0 Å². The smallest absolute Gasteiger partial charge is 0.0716 e. The largest absolute Gasteiger partial charge is 0.377 e. The fourth-order valence-corrected chi connectivity index (χ4v) is 3.06. The van der Waals surface area contributed by atoms with Gasteiger partial charge in [-0.3, -0.25) is 0 Å². The Balaban J connectivity index is 1.81. The number of aryl methyl sites for hydroxylation is 1. The Morgan fingerprint density at radius 3 is 3.24 bits per heavy atom. The Kier molecular flexibility index (Phi) is 5.36. The van der Waals surface area contributed by atoms with Crippen LogP contribution in [0.4, 0.5) is 0 Å². The lowest BCUT2D eigenvalue weighted by molar-refractivity contribution is 0.118. The maximum absolute atomic E-state index is 5.67. The SMILES string of the molecule is CNCCCOCc1ccc2c(c1)CCCS2. The molecule has 0 aliphatic carbocycles. The molecule has 0 saturated carbocycles. The van der Waals surface area contributed by atoms with Crippen LogP contribution in [0, 0.1) is 0 Å². The Labute approximate surface area is 108 Å². The minimum atomic E-state index is 0.752. The first-order valence-corrected chi connectivity index (χ1v) is 7.35. The van der Waals surface area contributed by atoms with Gasteiger partial charge >= 0.3 is 0 Å². The average Bonchev–Trinajstić information content (AvgIpc) is 2.38. The van der Waals surface area contributed by atoms with Crippen molar-refractivity contribution in [3.63, 3.8) is 0 Å². The molecule has 1 aromatic carbocycles. The summed E-state index contributed by atoms with van der Waals surface area (Å²) in [7, 11) is 1.97. The maximum atomic E-state index is 5.67. The van der Waals surface area contributed by atoms with Crippen molar-refractivity contribution in [2.24, 2.45) is 0 Å². The van der Waals surface area contributed by atoms with Crippen molar-refractivity contribution >= 4 is 11.8 Å². The van der Waals surface area contributed by atoms with E-state index in [0.717, 1.165) is 26.2 Å². The molecule has 2 nitrogen and oxygen atoms in total. The van der Waals surface area contributed by atoms with Gasteiger partial charge in [-0.2, -0.15) is 0 Å². The second-order valence-corrected chi connectivity index (χ2v) is 5.54. The molecule has 0 aromatic heterocycles. The van der Waals surface area contributed by atoms with E-state index in [9.17, 15) is 0 Å². The molecule has 1 aliphatic heterocycles. The predicted molar refractivity (Wildman–Crippen MR) is 73.7 cm³/mol. The molecule has 0 bridgehead atoms. The number of thioether (sulfide) groups is 1. The lowest BCUT2D eigenvalue weighted by Crippen LogP contribution is -2.10. The van der Waals surface area contributed by atoms with E-state index in [1.54, 1.807) is 0 Å². The van der Waals surface area contributed by atoms with Gasteiger partial charge in [0.25, 0.3) is 0 Å². The third kappa shape index (κ3) is 4.02. The van der Waals surface area contributed by atoms with Crippen LogP contribution in [0.5, 0.6) is 0 Å². The van der Waals surface area contributed by atoms with Gasteiger partial charge in [0.1, 0.15) is 0 Å². The Bertz CT molecular complexity index is 354. The van der Waals surface area contributed by atoms with Crippen molar-refractivity contribution in [2.75, 3.05) is 26.0 Å². The summed E-state index contributed by atoms with van der Waals surface area (Å²) in [4.78, 5) is 1.47. The molecule has 94 valence electrons. The van der Waals surface area contributed by atoms with Crippen molar-refractivity contribution in [3.05, 3.63) is 29.3 Å².